The number of ether oxygens (including phenoxy) is 3. The summed E-state index contributed by atoms with van der Waals surface area (Å²) in [6, 6.07) is 14.2. The van der Waals surface area contributed by atoms with E-state index in [4.69, 9.17) is 14.2 Å². The lowest BCUT2D eigenvalue weighted by atomic mass is 10.1. The molecule has 2 aromatic carbocycles. The smallest absolute Gasteiger partial charge is 0.323 e. The first-order chi connectivity index (χ1) is 18.4. The Labute approximate surface area is 227 Å². The molecule has 3 amide bonds. The summed E-state index contributed by atoms with van der Waals surface area (Å²) in [6.45, 7) is 1.62. The van der Waals surface area contributed by atoms with E-state index < -0.39 is 6.03 Å². The number of methoxy groups -OCH3 is 2. The van der Waals surface area contributed by atoms with Gasteiger partial charge in [-0.3, -0.25) is 4.79 Å². The zero-order valence-electron chi connectivity index (χ0n) is 22.2. The Morgan fingerprint density at radius 1 is 1.03 bits per heavy atom. The molecule has 1 fully saturated rings. The van der Waals surface area contributed by atoms with E-state index in [0.29, 0.717) is 40.8 Å². The largest absolute Gasteiger partial charge is 0.497 e. The van der Waals surface area contributed by atoms with Gasteiger partial charge < -0.3 is 34.6 Å². The van der Waals surface area contributed by atoms with Crippen molar-refractivity contribution in [2.45, 2.75) is 25.5 Å². The van der Waals surface area contributed by atoms with Crippen molar-refractivity contribution in [2.24, 2.45) is 0 Å². The molecule has 9 nitrogen and oxygen atoms in total. The molecule has 1 unspecified atom stereocenters. The van der Waals surface area contributed by atoms with E-state index in [1.165, 1.54) is 11.3 Å². The fourth-order valence-electron chi connectivity index (χ4n) is 4.41. The molecular weight excluding hydrogens is 504 g/mol. The predicted octanol–water partition coefficient (Wildman–Crippen LogP) is 5.30. The Kier molecular flexibility index (Phi) is 9.09. The van der Waals surface area contributed by atoms with E-state index >= 15 is 0 Å². The lowest BCUT2D eigenvalue weighted by Crippen LogP contribution is -2.37. The molecule has 2 heterocycles. The highest BCUT2D eigenvalue weighted by molar-refractivity contribution is 7.12. The molecule has 0 bridgehead atoms. The number of urea groups is 1. The van der Waals surface area contributed by atoms with Gasteiger partial charge in [-0.2, -0.15) is 0 Å². The van der Waals surface area contributed by atoms with Crippen LogP contribution in [0.25, 0.3) is 0 Å². The second-order valence-electron chi connectivity index (χ2n) is 9.22. The van der Waals surface area contributed by atoms with E-state index in [2.05, 4.69) is 10.6 Å². The zero-order chi connectivity index (χ0) is 27.1. The van der Waals surface area contributed by atoms with Gasteiger partial charge in [0.05, 0.1) is 25.2 Å². The van der Waals surface area contributed by atoms with E-state index in [1.807, 2.05) is 59.6 Å². The Balaban J connectivity index is 1.54. The first kappa shape index (κ1) is 27.3. The molecule has 1 aliphatic rings. The van der Waals surface area contributed by atoms with Crippen molar-refractivity contribution in [1.29, 1.82) is 0 Å². The molecule has 38 heavy (non-hydrogen) atoms. The number of amides is 3. The van der Waals surface area contributed by atoms with Gasteiger partial charge in [0.1, 0.15) is 11.5 Å². The monoisotopic (exact) mass is 538 g/mol. The molecule has 4 rings (SSSR count). The van der Waals surface area contributed by atoms with E-state index in [9.17, 15) is 9.59 Å². The molecule has 1 saturated heterocycles. The standard InChI is InChI=1S/C28H34N4O5S/c1-31(2)25-10-9-20(29-28(34)30-21-14-23(35-3)16-24(15-21)36-4)13-19(25)17-32(18-22-7-5-11-37-22)27(33)26-8-6-12-38-26/h6,8-10,12-16,22H,5,7,11,17-18H2,1-4H3,(H2,29,30,34). The fraction of sp³-hybridized carbons (Fsp3) is 0.357. The van der Waals surface area contributed by atoms with Crippen LogP contribution in [0.5, 0.6) is 11.5 Å². The number of thiophene rings is 1. The van der Waals surface area contributed by atoms with Crippen LogP contribution in [0.3, 0.4) is 0 Å². The van der Waals surface area contributed by atoms with Crippen LogP contribution in [-0.4, -0.2) is 64.4 Å². The number of anilines is 3. The van der Waals surface area contributed by atoms with Crippen LogP contribution in [0.2, 0.25) is 0 Å². The van der Waals surface area contributed by atoms with Gasteiger partial charge in [0, 0.05) is 69.1 Å². The number of hydrogen-bond donors (Lipinski definition) is 2. The predicted molar refractivity (Wildman–Crippen MR) is 151 cm³/mol. The van der Waals surface area contributed by atoms with Crippen LogP contribution in [0.1, 0.15) is 28.1 Å². The molecule has 0 radical (unpaired) electrons. The van der Waals surface area contributed by atoms with Gasteiger partial charge in [0.2, 0.25) is 0 Å². The summed E-state index contributed by atoms with van der Waals surface area (Å²) in [5.74, 6) is 1.11. The van der Waals surface area contributed by atoms with Gasteiger partial charge in [-0.05, 0) is 48.1 Å². The van der Waals surface area contributed by atoms with Crippen LogP contribution in [-0.2, 0) is 11.3 Å². The average molecular weight is 539 g/mol. The number of hydrogen-bond acceptors (Lipinski definition) is 7. The number of benzene rings is 2. The first-order valence-electron chi connectivity index (χ1n) is 12.4. The average Bonchev–Trinajstić information content (AvgIpc) is 3.62. The SMILES string of the molecule is COc1cc(NC(=O)Nc2ccc(N(C)C)c(CN(CC3CCCO3)C(=O)c3cccs3)c2)cc(OC)c1. The quantitative estimate of drug-likeness (QED) is 0.364. The summed E-state index contributed by atoms with van der Waals surface area (Å²) >= 11 is 1.43. The molecule has 3 aromatic rings. The highest BCUT2D eigenvalue weighted by atomic mass is 32.1. The van der Waals surface area contributed by atoms with Crippen LogP contribution < -0.4 is 25.0 Å². The minimum Gasteiger partial charge on any atom is -0.497 e. The second-order valence-corrected chi connectivity index (χ2v) is 10.2. The number of nitrogens with one attached hydrogen (secondary N) is 2. The summed E-state index contributed by atoms with van der Waals surface area (Å²) in [5, 5.41) is 7.63. The van der Waals surface area contributed by atoms with Gasteiger partial charge >= 0.3 is 6.03 Å². The Hall–Kier alpha value is -3.76. The van der Waals surface area contributed by atoms with Crippen LogP contribution >= 0.6 is 11.3 Å². The normalized spacial score (nSPS) is 14.6. The molecule has 0 saturated carbocycles. The number of rotatable bonds is 10. The number of nitrogens with zero attached hydrogens (tertiary/aromatic N) is 2. The van der Waals surface area contributed by atoms with Crippen molar-refractivity contribution in [3.8, 4) is 11.5 Å². The van der Waals surface area contributed by atoms with Gasteiger partial charge in [0.15, 0.2) is 0 Å². The lowest BCUT2D eigenvalue weighted by Gasteiger charge is -2.28. The van der Waals surface area contributed by atoms with Gasteiger partial charge in [0.25, 0.3) is 5.91 Å². The molecule has 202 valence electrons. The second kappa shape index (κ2) is 12.7. The van der Waals surface area contributed by atoms with Crippen molar-refractivity contribution in [3.05, 3.63) is 64.4 Å². The fourth-order valence-corrected chi connectivity index (χ4v) is 5.11. The number of carbonyl (C=O) groups is 2. The van der Waals surface area contributed by atoms with Crippen LogP contribution in [0.4, 0.5) is 21.9 Å². The molecule has 0 spiro atoms. The maximum absolute atomic E-state index is 13.4. The summed E-state index contributed by atoms with van der Waals surface area (Å²) < 4.78 is 16.4. The molecule has 1 atom stereocenters. The van der Waals surface area contributed by atoms with Crippen molar-refractivity contribution < 1.29 is 23.8 Å². The number of carbonyl (C=O) groups excluding carboxylic acids is 2. The molecule has 2 N–H and O–H groups in total. The van der Waals surface area contributed by atoms with Crippen molar-refractivity contribution >= 4 is 40.3 Å². The maximum atomic E-state index is 13.4. The maximum Gasteiger partial charge on any atom is 0.323 e. The lowest BCUT2D eigenvalue weighted by molar-refractivity contribution is 0.0511. The van der Waals surface area contributed by atoms with E-state index in [0.717, 1.165) is 30.7 Å². The third-order valence-corrected chi connectivity index (χ3v) is 7.11. The third-order valence-electron chi connectivity index (χ3n) is 6.26. The summed E-state index contributed by atoms with van der Waals surface area (Å²) in [4.78, 5) is 30.8. The minimum atomic E-state index is -0.408. The molecule has 10 heteroatoms. The first-order valence-corrected chi connectivity index (χ1v) is 13.3. The minimum absolute atomic E-state index is 0.0219. The van der Waals surface area contributed by atoms with Gasteiger partial charge in [-0.25, -0.2) is 4.79 Å². The Morgan fingerprint density at radius 3 is 2.37 bits per heavy atom. The highest BCUT2D eigenvalue weighted by Gasteiger charge is 2.25. The summed E-state index contributed by atoms with van der Waals surface area (Å²) in [7, 11) is 7.02. The Bertz CT molecular complexity index is 1220. The van der Waals surface area contributed by atoms with Gasteiger partial charge in [-0.15, -0.1) is 11.3 Å². The van der Waals surface area contributed by atoms with E-state index in [1.54, 1.807) is 32.4 Å². The summed E-state index contributed by atoms with van der Waals surface area (Å²) in [6.07, 6.45) is 1.96. The van der Waals surface area contributed by atoms with Crippen molar-refractivity contribution in [1.82, 2.24) is 4.90 Å². The Morgan fingerprint density at radius 2 is 1.76 bits per heavy atom. The van der Waals surface area contributed by atoms with Crippen molar-refractivity contribution in [2.75, 3.05) is 57.0 Å². The van der Waals surface area contributed by atoms with Crippen molar-refractivity contribution in [3.63, 3.8) is 0 Å². The topological polar surface area (TPSA) is 92.4 Å². The third kappa shape index (κ3) is 6.96. The van der Waals surface area contributed by atoms with Crippen LogP contribution in [0.15, 0.2) is 53.9 Å². The van der Waals surface area contributed by atoms with Crippen LogP contribution in [0, 0.1) is 0 Å². The molecule has 1 aromatic heterocycles. The zero-order valence-corrected chi connectivity index (χ0v) is 23.0. The highest BCUT2D eigenvalue weighted by Crippen LogP contribution is 2.28. The summed E-state index contributed by atoms with van der Waals surface area (Å²) in [5.41, 5.74) is 3.02. The van der Waals surface area contributed by atoms with E-state index in [-0.39, 0.29) is 12.0 Å². The van der Waals surface area contributed by atoms with Gasteiger partial charge in [-0.1, -0.05) is 6.07 Å². The molecule has 0 aliphatic carbocycles. The molecule has 1 aliphatic heterocycles. The molecular formula is C28H34N4O5S.